The van der Waals surface area contributed by atoms with Crippen LogP contribution in [0.15, 0.2) is 59.6 Å². The zero-order valence-electron chi connectivity index (χ0n) is 17.5. The van der Waals surface area contributed by atoms with E-state index in [1.54, 1.807) is 6.07 Å². The minimum absolute atomic E-state index is 0.310. The van der Waals surface area contributed by atoms with Crippen molar-refractivity contribution in [2.24, 2.45) is 10.7 Å². The van der Waals surface area contributed by atoms with Gasteiger partial charge in [0.25, 0.3) is 0 Å². The van der Waals surface area contributed by atoms with Gasteiger partial charge >= 0.3 is 0 Å². The number of piperidine rings is 1. The van der Waals surface area contributed by atoms with Crippen molar-refractivity contribution in [3.8, 4) is 5.75 Å². The third-order valence-corrected chi connectivity index (χ3v) is 5.89. The average Bonchev–Trinajstić information content (AvgIpc) is 2.77. The van der Waals surface area contributed by atoms with E-state index in [4.69, 9.17) is 5.73 Å². The number of hydrogen-bond acceptors (Lipinski definition) is 4. The highest BCUT2D eigenvalue weighted by Crippen LogP contribution is 2.28. The van der Waals surface area contributed by atoms with Crippen molar-refractivity contribution in [3.63, 3.8) is 0 Å². The first-order chi connectivity index (χ1) is 14.3. The maximum atomic E-state index is 10.1. The first kappa shape index (κ1) is 21.5. The number of benzene rings is 2. The molecule has 0 spiro atoms. The highest BCUT2D eigenvalue weighted by atomic mass is 16.3. The van der Waals surface area contributed by atoms with E-state index in [0.717, 1.165) is 30.0 Å². The molecule has 1 aliphatic heterocycles. The van der Waals surface area contributed by atoms with Crippen LogP contribution in [0.1, 0.15) is 55.6 Å². The van der Waals surface area contributed by atoms with Gasteiger partial charge in [-0.05, 0) is 75.4 Å². The summed E-state index contributed by atoms with van der Waals surface area (Å²) in [5.74, 6) is 1.04. The molecule has 29 heavy (non-hydrogen) atoms. The molecule has 1 fully saturated rings. The molecule has 3 N–H and O–H groups in total. The summed E-state index contributed by atoms with van der Waals surface area (Å²) in [6.07, 6.45) is 6.95. The van der Waals surface area contributed by atoms with E-state index in [0.29, 0.717) is 18.8 Å². The first-order valence-electron chi connectivity index (χ1n) is 11.1. The number of phenols is 1. The fraction of sp³-hybridized carbons (Fsp3) is 0.480. The number of aromatic hydroxyl groups is 1. The fourth-order valence-corrected chi connectivity index (χ4v) is 4.24. The van der Waals surface area contributed by atoms with Crippen LogP contribution in [0.25, 0.3) is 0 Å². The van der Waals surface area contributed by atoms with Gasteiger partial charge in [-0.15, -0.1) is 0 Å². The monoisotopic (exact) mass is 393 g/mol. The maximum absolute atomic E-state index is 10.1. The zero-order valence-corrected chi connectivity index (χ0v) is 17.5. The van der Waals surface area contributed by atoms with Gasteiger partial charge in [0.15, 0.2) is 0 Å². The van der Waals surface area contributed by atoms with E-state index in [2.05, 4.69) is 40.2 Å². The van der Waals surface area contributed by atoms with E-state index in [1.165, 1.54) is 50.9 Å². The quantitative estimate of drug-likeness (QED) is 0.459. The van der Waals surface area contributed by atoms with E-state index in [1.807, 2.05) is 18.2 Å². The molecule has 0 atom stereocenters. The summed E-state index contributed by atoms with van der Waals surface area (Å²) >= 11 is 0. The Morgan fingerprint density at radius 3 is 2.41 bits per heavy atom. The van der Waals surface area contributed by atoms with E-state index < -0.39 is 0 Å². The third-order valence-electron chi connectivity index (χ3n) is 5.89. The number of nitrogens with zero attached hydrogens (tertiary/aromatic N) is 2. The van der Waals surface area contributed by atoms with Gasteiger partial charge in [-0.1, -0.05) is 48.9 Å². The number of para-hydroxylation sites is 1. The summed E-state index contributed by atoms with van der Waals surface area (Å²) in [4.78, 5) is 7.24. The lowest BCUT2D eigenvalue weighted by Gasteiger charge is -2.32. The Morgan fingerprint density at radius 1 is 0.966 bits per heavy atom. The number of phenolic OH excluding ortho intramolecular Hbond substituents is 1. The van der Waals surface area contributed by atoms with Crippen molar-refractivity contribution in [1.29, 1.82) is 0 Å². The Bertz CT molecular complexity index is 752. The molecule has 3 rings (SSSR count). The summed E-state index contributed by atoms with van der Waals surface area (Å²) in [5, 5.41) is 10.1. The Kier molecular flexibility index (Phi) is 8.72. The first-order valence-corrected chi connectivity index (χ1v) is 11.1. The van der Waals surface area contributed by atoms with Crippen LogP contribution in [0.5, 0.6) is 5.75 Å². The molecule has 1 aliphatic rings. The standard InChI is InChI=1S/C25H35N3O/c26-16-17-27-24(23-11-6-7-13-25(23)29)12-5-2-8-18-28-19-14-22(15-20-28)21-9-3-1-4-10-21/h1,3-4,6-7,9-11,13,22,29H,2,5,8,12,14-20,26H2/b27-24+. The highest BCUT2D eigenvalue weighted by Gasteiger charge is 2.19. The molecule has 156 valence electrons. The molecule has 0 bridgehead atoms. The van der Waals surface area contributed by atoms with E-state index in [9.17, 15) is 5.11 Å². The Hall–Kier alpha value is -2.17. The fourth-order valence-electron chi connectivity index (χ4n) is 4.24. The summed E-state index contributed by atoms with van der Waals surface area (Å²) in [7, 11) is 0. The maximum Gasteiger partial charge on any atom is 0.124 e. The molecule has 1 heterocycles. The van der Waals surface area contributed by atoms with Gasteiger partial charge in [0.2, 0.25) is 0 Å². The molecule has 0 aliphatic carbocycles. The third kappa shape index (κ3) is 6.69. The Morgan fingerprint density at radius 2 is 1.69 bits per heavy atom. The van der Waals surface area contributed by atoms with Gasteiger partial charge in [0.1, 0.15) is 5.75 Å². The number of aliphatic imine (C=N–C) groups is 1. The van der Waals surface area contributed by atoms with Crippen molar-refractivity contribution in [1.82, 2.24) is 4.90 Å². The van der Waals surface area contributed by atoms with Crippen LogP contribution in [-0.2, 0) is 0 Å². The molecule has 0 amide bonds. The van der Waals surface area contributed by atoms with Gasteiger partial charge in [-0.25, -0.2) is 0 Å². The van der Waals surface area contributed by atoms with Crippen LogP contribution in [0, 0.1) is 0 Å². The van der Waals surface area contributed by atoms with Crippen molar-refractivity contribution in [2.75, 3.05) is 32.7 Å². The second kappa shape index (κ2) is 11.7. The molecule has 4 heteroatoms. The smallest absolute Gasteiger partial charge is 0.124 e. The Labute approximate surface area is 175 Å². The average molecular weight is 394 g/mol. The lowest BCUT2D eigenvalue weighted by Crippen LogP contribution is -2.33. The zero-order chi connectivity index (χ0) is 20.3. The summed E-state index contributed by atoms with van der Waals surface area (Å²) in [6.45, 7) is 4.75. The van der Waals surface area contributed by atoms with Crippen molar-refractivity contribution in [2.45, 2.75) is 44.4 Å². The summed E-state index contributed by atoms with van der Waals surface area (Å²) < 4.78 is 0. The molecule has 4 nitrogen and oxygen atoms in total. The minimum atomic E-state index is 0.310. The molecule has 1 saturated heterocycles. The molecule has 0 saturated carbocycles. The van der Waals surface area contributed by atoms with Gasteiger partial charge in [0.05, 0.1) is 6.54 Å². The lowest BCUT2D eigenvalue weighted by atomic mass is 9.89. The molecule has 0 unspecified atom stereocenters. The topological polar surface area (TPSA) is 61.8 Å². The SMILES string of the molecule is NCC/N=C(\CCCCCN1CCC(c2ccccc2)CC1)c1ccccc1O. The number of hydrogen-bond donors (Lipinski definition) is 2. The van der Waals surface area contributed by atoms with E-state index >= 15 is 0 Å². The second-order valence-electron chi connectivity index (χ2n) is 7.97. The van der Waals surface area contributed by atoms with Crippen LogP contribution in [0.4, 0.5) is 0 Å². The lowest BCUT2D eigenvalue weighted by molar-refractivity contribution is 0.208. The molecule has 2 aromatic carbocycles. The second-order valence-corrected chi connectivity index (χ2v) is 7.97. The summed E-state index contributed by atoms with van der Waals surface area (Å²) in [5.41, 5.74) is 8.96. The Balaban J connectivity index is 1.37. The number of likely N-dealkylation sites (tertiary alicyclic amines) is 1. The predicted molar refractivity (Wildman–Crippen MR) is 122 cm³/mol. The number of rotatable bonds is 10. The van der Waals surface area contributed by atoms with Gasteiger partial charge in [-0.3, -0.25) is 4.99 Å². The van der Waals surface area contributed by atoms with Crippen molar-refractivity contribution >= 4 is 5.71 Å². The molecule has 0 aromatic heterocycles. The molecule has 0 radical (unpaired) electrons. The molecule has 2 aromatic rings. The molecular weight excluding hydrogens is 358 g/mol. The van der Waals surface area contributed by atoms with Crippen LogP contribution < -0.4 is 5.73 Å². The van der Waals surface area contributed by atoms with Crippen molar-refractivity contribution < 1.29 is 5.11 Å². The van der Waals surface area contributed by atoms with Crippen LogP contribution >= 0.6 is 0 Å². The normalized spacial score (nSPS) is 16.2. The predicted octanol–water partition coefficient (Wildman–Crippen LogP) is 4.58. The highest BCUT2D eigenvalue weighted by molar-refractivity contribution is 6.02. The number of nitrogens with two attached hydrogens (primary N) is 1. The van der Waals surface area contributed by atoms with Gasteiger partial charge < -0.3 is 15.7 Å². The largest absolute Gasteiger partial charge is 0.507 e. The van der Waals surface area contributed by atoms with Crippen LogP contribution in [0.3, 0.4) is 0 Å². The minimum Gasteiger partial charge on any atom is -0.507 e. The number of unbranched alkanes of at least 4 members (excludes halogenated alkanes) is 2. The van der Waals surface area contributed by atoms with Crippen molar-refractivity contribution in [3.05, 3.63) is 65.7 Å². The van der Waals surface area contributed by atoms with Crippen LogP contribution in [-0.4, -0.2) is 48.4 Å². The van der Waals surface area contributed by atoms with Gasteiger partial charge in [-0.2, -0.15) is 0 Å². The van der Waals surface area contributed by atoms with E-state index in [-0.39, 0.29) is 0 Å². The molecular formula is C25H35N3O. The van der Waals surface area contributed by atoms with Crippen LogP contribution in [0.2, 0.25) is 0 Å². The van der Waals surface area contributed by atoms with Gasteiger partial charge in [0, 0.05) is 17.8 Å². The summed E-state index contributed by atoms with van der Waals surface area (Å²) in [6, 6.07) is 18.4.